The number of rotatable bonds is 2. The predicted molar refractivity (Wildman–Crippen MR) is 39.2 cm³/mol. The van der Waals surface area contributed by atoms with Gasteiger partial charge in [-0.2, -0.15) is 0 Å². The molecule has 0 heterocycles. The number of aliphatic hydroxyl groups is 1. The molecule has 0 aliphatic heterocycles. The van der Waals surface area contributed by atoms with Crippen LogP contribution in [0.15, 0.2) is 0 Å². The van der Waals surface area contributed by atoms with Gasteiger partial charge in [0.2, 0.25) is 0 Å². The maximum absolute atomic E-state index is 10.5. The summed E-state index contributed by atoms with van der Waals surface area (Å²) in [5.41, 5.74) is 0. The lowest BCUT2D eigenvalue weighted by molar-refractivity contribution is 0.0638. The summed E-state index contributed by atoms with van der Waals surface area (Å²) in [4.78, 5) is 11.6. The number of aliphatic hydroxyl groups excluding tert-OH is 1. The van der Waals surface area contributed by atoms with Crippen LogP contribution in [0, 0.1) is 0 Å². The van der Waals surface area contributed by atoms with Crippen LogP contribution in [0.25, 0.3) is 0 Å². The quantitative estimate of drug-likeness (QED) is 0.587. The van der Waals surface area contributed by atoms with Gasteiger partial charge in [-0.15, -0.1) is 0 Å². The molecular formula is C7H13NO3. The normalized spacial score (nSPS) is 18.6. The molecule has 1 aliphatic rings. The third-order valence-corrected chi connectivity index (χ3v) is 2.16. The third-order valence-electron chi connectivity index (χ3n) is 2.16. The second-order valence-electron chi connectivity index (χ2n) is 2.83. The van der Waals surface area contributed by atoms with E-state index in [1.807, 2.05) is 0 Å². The molecule has 0 bridgehead atoms. The molecule has 1 rings (SSSR count). The summed E-state index contributed by atoms with van der Waals surface area (Å²) in [6, 6.07) is 0.0532. The van der Waals surface area contributed by atoms with Crippen LogP contribution in [-0.2, 0) is 0 Å². The first kappa shape index (κ1) is 8.33. The Labute approximate surface area is 65.4 Å². The van der Waals surface area contributed by atoms with Gasteiger partial charge in [0.15, 0.2) is 0 Å². The van der Waals surface area contributed by atoms with Crippen molar-refractivity contribution in [2.75, 3.05) is 6.73 Å². The molecule has 4 heteroatoms. The second kappa shape index (κ2) is 3.57. The lowest BCUT2D eigenvalue weighted by Crippen LogP contribution is -2.38. The molecule has 0 aromatic rings. The Morgan fingerprint density at radius 2 is 2.00 bits per heavy atom. The highest BCUT2D eigenvalue weighted by atomic mass is 16.4. The van der Waals surface area contributed by atoms with Crippen LogP contribution >= 0.6 is 0 Å². The van der Waals surface area contributed by atoms with Crippen molar-refractivity contribution < 1.29 is 15.0 Å². The molecule has 0 aromatic carbocycles. The maximum Gasteiger partial charge on any atom is 0.409 e. The SMILES string of the molecule is O=C(O)N(CO)C1CCCC1. The minimum atomic E-state index is -1.01. The van der Waals surface area contributed by atoms with Crippen LogP contribution in [-0.4, -0.2) is 34.0 Å². The van der Waals surface area contributed by atoms with Gasteiger partial charge < -0.3 is 10.2 Å². The van der Waals surface area contributed by atoms with E-state index in [4.69, 9.17) is 10.2 Å². The van der Waals surface area contributed by atoms with Crippen molar-refractivity contribution in [2.24, 2.45) is 0 Å². The first-order valence-electron chi connectivity index (χ1n) is 3.86. The van der Waals surface area contributed by atoms with E-state index >= 15 is 0 Å². The van der Waals surface area contributed by atoms with Crippen molar-refractivity contribution in [3.05, 3.63) is 0 Å². The number of carbonyl (C=O) groups is 1. The van der Waals surface area contributed by atoms with Gasteiger partial charge in [0.25, 0.3) is 0 Å². The standard InChI is InChI=1S/C7H13NO3/c9-5-8(7(10)11)6-3-1-2-4-6/h6,9H,1-5H2,(H,10,11). The Bertz CT molecular complexity index is 143. The van der Waals surface area contributed by atoms with E-state index in [0.29, 0.717) is 0 Å². The van der Waals surface area contributed by atoms with Crippen molar-refractivity contribution in [2.45, 2.75) is 31.7 Å². The van der Waals surface area contributed by atoms with Crippen LogP contribution < -0.4 is 0 Å². The van der Waals surface area contributed by atoms with E-state index in [1.165, 1.54) is 0 Å². The molecule has 64 valence electrons. The van der Waals surface area contributed by atoms with Crippen molar-refractivity contribution in [1.82, 2.24) is 4.90 Å². The van der Waals surface area contributed by atoms with Gasteiger partial charge >= 0.3 is 6.09 Å². The van der Waals surface area contributed by atoms with E-state index in [1.54, 1.807) is 0 Å². The Morgan fingerprint density at radius 1 is 1.45 bits per heavy atom. The highest BCUT2D eigenvalue weighted by Crippen LogP contribution is 2.22. The predicted octanol–water partition coefficient (Wildman–Crippen LogP) is 0.859. The number of hydrogen-bond acceptors (Lipinski definition) is 2. The Balaban J connectivity index is 2.46. The smallest absolute Gasteiger partial charge is 0.409 e. The minimum absolute atomic E-state index is 0.0532. The van der Waals surface area contributed by atoms with Crippen LogP contribution in [0.5, 0.6) is 0 Å². The van der Waals surface area contributed by atoms with Crippen LogP contribution in [0.4, 0.5) is 4.79 Å². The number of hydrogen-bond donors (Lipinski definition) is 2. The zero-order valence-electron chi connectivity index (χ0n) is 6.36. The summed E-state index contributed by atoms with van der Waals surface area (Å²) in [5, 5.41) is 17.3. The summed E-state index contributed by atoms with van der Waals surface area (Å²) in [7, 11) is 0. The zero-order valence-corrected chi connectivity index (χ0v) is 6.36. The first-order chi connectivity index (χ1) is 5.25. The average molecular weight is 159 g/mol. The molecule has 1 saturated carbocycles. The third kappa shape index (κ3) is 1.83. The molecule has 0 aromatic heterocycles. The van der Waals surface area contributed by atoms with Crippen molar-refractivity contribution in [3.63, 3.8) is 0 Å². The molecule has 11 heavy (non-hydrogen) atoms. The molecule has 4 nitrogen and oxygen atoms in total. The first-order valence-corrected chi connectivity index (χ1v) is 3.86. The molecule has 1 fully saturated rings. The summed E-state index contributed by atoms with van der Waals surface area (Å²) in [6.45, 7) is -0.375. The van der Waals surface area contributed by atoms with Gasteiger partial charge in [-0.1, -0.05) is 12.8 Å². The Kier molecular flexibility index (Phi) is 2.70. The highest BCUT2D eigenvalue weighted by molar-refractivity contribution is 5.65. The van der Waals surface area contributed by atoms with Crippen molar-refractivity contribution >= 4 is 6.09 Å². The van der Waals surface area contributed by atoms with E-state index in [-0.39, 0.29) is 12.8 Å². The maximum atomic E-state index is 10.5. The van der Waals surface area contributed by atoms with Gasteiger partial charge in [0.1, 0.15) is 6.73 Å². The largest absolute Gasteiger partial charge is 0.465 e. The fourth-order valence-corrected chi connectivity index (χ4v) is 1.55. The molecule has 1 aliphatic carbocycles. The monoisotopic (exact) mass is 159 g/mol. The summed E-state index contributed by atoms with van der Waals surface area (Å²) in [6.07, 6.45) is 2.93. The molecular weight excluding hydrogens is 146 g/mol. The van der Waals surface area contributed by atoms with E-state index < -0.39 is 6.09 Å². The van der Waals surface area contributed by atoms with E-state index in [2.05, 4.69) is 0 Å². The number of nitrogens with zero attached hydrogens (tertiary/aromatic N) is 1. The molecule has 0 spiro atoms. The summed E-state index contributed by atoms with van der Waals surface area (Å²) < 4.78 is 0. The topological polar surface area (TPSA) is 60.8 Å². The molecule has 0 radical (unpaired) electrons. The average Bonchev–Trinajstić information content (AvgIpc) is 2.40. The highest BCUT2D eigenvalue weighted by Gasteiger charge is 2.25. The zero-order chi connectivity index (χ0) is 8.27. The minimum Gasteiger partial charge on any atom is -0.465 e. The summed E-state index contributed by atoms with van der Waals surface area (Å²) in [5.74, 6) is 0. The van der Waals surface area contributed by atoms with Crippen LogP contribution in [0.2, 0.25) is 0 Å². The fourth-order valence-electron chi connectivity index (χ4n) is 1.55. The molecule has 0 saturated heterocycles. The molecule has 0 atom stereocenters. The lowest BCUT2D eigenvalue weighted by atomic mass is 10.2. The lowest BCUT2D eigenvalue weighted by Gasteiger charge is -2.22. The number of carboxylic acid groups (broad SMARTS) is 1. The number of amides is 1. The van der Waals surface area contributed by atoms with Gasteiger partial charge in [-0.3, -0.25) is 4.90 Å². The molecule has 0 unspecified atom stereocenters. The van der Waals surface area contributed by atoms with Crippen molar-refractivity contribution in [1.29, 1.82) is 0 Å². The summed E-state index contributed by atoms with van der Waals surface area (Å²) >= 11 is 0. The van der Waals surface area contributed by atoms with E-state index in [9.17, 15) is 4.79 Å². The fraction of sp³-hybridized carbons (Fsp3) is 0.857. The van der Waals surface area contributed by atoms with Gasteiger partial charge in [0, 0.05) is 6.04 Å². The van der Waals surface area contributed by atoms with Gasteiger partial charge in [0.05, 0.1) is 0 Å². The Hall–Kier alpha value is -0.770. The molecule has 2 N–H and O–H groups in total. The van der Waals surface area contributed by atoms with Crippen LogP contribution in [0.3, 0.4) is 0 Å². The molecule has 1 amide bonds. The van der Waals surface area contributed by atoms with E-state index in [0.717, 1.165) is 30.6 Å². The second-order valence-corrected chi connectivity index (χ2v) is 2.83. The Morgan fingerprint density at radius 3 is 2.36 bits per heavy atom. The van der Waals surface area contributed by atoms with Gasteiger partial charge in [-0.05, 0) is 12.8 Å². The van der Waals surface area contributed by atoms with Crippen molar-refractivity contribution in [3.8, 4) is 0 Å². The van der Waals surface area contributed by atoms with Gasteiger partial charge in [-0.25, -0.2) is 4.79 Å². The van der Waals surface area contributed by atoms with Crippen LogP contribution in [0.1, 0.15) is 25.7 Å².